The fourth-order valence-corrected chi connectivity index (χ4v) is 2.44. The number of rotatable bonds is 7. The number of hydrogen-bond donors (Lipinski definition) is 1. The number of amides is 2. The molecule has 2 amide bonds. The highest BCUT2D eigenvalue weighted by Gasteiger charge is 2.14. The van der Waals surface area contributed by atoms with Gasteiger partial charge in [0.25, 0.3) is 11.8 Å². The Bertz CT molecular complexity index is 754. The number of aryl methyl sites for hydroxylation is 2. The van der Waals surface area contributed by atoms with Crippen molar-refractivity contribution >= 4 is 11.8 Å². The molecule has 0 saturated heterocycles. The minimum atomic E-state index is -0.577. The zero-order valence-corrected chi connectivity index (χ0v) is 14.9. The van der Waals surface area contributed by atoms with Crippen LogP contribution in [0.5, 0.6) is 5.75 Å². The van der Waals surface area contributed by atoms with Gasteiger partial charge in [0.1, 0.15) is 5.75 Å². The van der Waals surface area contributed by atoms with E-state index in [1.165, 1.54) is 5.56 Å². The van der Waals surface area contributed by atoms with Crippen LogP contribution in [-0.4, -0.2) is 30.4 Å². The maximum absolute atomic E-state index is 12.3. The second kappa shape index (κ2) is 8.33. The van der Waals surface area contributed by atoms with Gasteiger partial charge in [-0.15, -0.1) is 0 Å². The number of benzene rings is 2. The van der Waals surface area contributed by atoms with Crippen LogP contribution in [0.1, 0.15) is 34.0 Å². The summed E-state index contributed by atoms with van der Waals surface area (Å²) in [6.07, 6.45) is 0.988. The predicted octanol–water partition coefficient (Wildman–Crippen LogP) is 2.69. The monoisotopic (exact) mass is 340 g/mol. The van der Waals surface area contributed by atoms with E-state index in [9.17, 15) is 9.59 Å². The molecule has 0 aliphatic rings. The molecule has 0 saturated carbocycles. The molecule has 0 spiro atoms. The maximum Gasteiger partial charge on any atom is 0.260 e. The van der Waals surface area contributed by atoms with Crippen LogP contribution in [0.4, 0.5) is 0 Å². The zero-order chi connectivity index (χ0) is 18.4. The highest BCUT2D eigenvalue weighted by molar-refractivity contribution is 5.95. The van der Waals surface area contributed by atoms with E-state index in [0.29, 0.717) is 12.3 Å². The second-order valence-corrected chi connectivity index (χ2v) is 6.07. The van der Waals surface area contributed by atoms with Gasteiger partial charge in [-0.3, -0.25) is 9.59 Å². The minimum absolute atomic E-state index is 0.146. The van der Waals surface area contributed by atoms with Gasteiger partial charge in [-0.25, -0.2) is 0 Å². The van der Waals surface area contributed by atoms with Crippen LogP contribution in [-0.2, 0) is 17.8 Å². The molecular weight excluding hydrogens is 316 g/mol. The lowest BCUT2D eigenvalue weighted by atomic mass is 10.1. The molecule has 0 radical (unpaired) electrons. The Morgan fingerprint density at radius 2 is 1.72 bits per heavy atom. The Balaban J connectivity index is 1.97. The molecule has 0 bridgehead atoms. The SMILES string of the molecule is CCc1ccc(CN(C)C(=O)COc2cc(C)ccc2C(N)=O)cc1. The molecule has 5 heteroatoms. The molecule has 2 aromatic rings. The van der Waals surface area contributed by atoms with Crippen molar-refractivity contribution < 1.29 is 14.3 Å². The first-order valence-corrected chi connectivity index (χ1v) is 8.25. The quantitative estimate of drug-likeness (QED) is 0.842. The van der Waals surface area contributed by atoms with Crippen molar-refractivity contribution in [2.24, 2.45) is 5.73 Å². The van der Waals surface area contributed by atoms with E-state index in [2.05, 4.69) is 19.1 Å². The molecule has 25 heavy (non-hydrogen) atoms. The molecule has 0 fully saturated rings. The van der Waals surface area contributed by atoms with Gasteiger partial charge in [-0.1, -0.05) is 37.3 Å². The van der Waals surface area contributed by atoms with E-state index in [1.54, 1.807) is 30.1 Å². The summed E-state index contributed by atoms with van der Waals surface area (Å²) in [6, 6.07) is 13.3. The summed E-state index contributed by atoms with van der Waals surface area (Å²) in [6.45, 7) is 4.34. The Hall–Kier alpha value is -2.82. The van der Waals surface area contributed by atoms with E-state index < -0.39 is 5.91 Å². The van der Waals surface area contributed by atoms with Crippen molar-refractivity contribution in [2.45, 2.75) is 26.8 Å². The zero-order valence-electron chi connectivity index (χ0n) is 14.9. The summed E-state index contributed by atoms with van der Waals surface area (Å²) >= 11 is 0. The molecule has 2 aromatic carbocycles. The van der Waals surface area contributed by atoms with Crippen LogP contribution in [0.2, 0.25) is 0 Å². The van der Waals surface area contributed by atoms with Gasteiger partial charge >= 0.3 is 0 Å². The Labute approximate surface area is 148 Å². The summed E-state index contributed by atoms with van der Waals surface area (Å²) < 4.78 is 5.54. The number of ether oxygens (including phenoxy) is 1. The maximum atomic E-state index is 12.3. The average Bonchev–Trinajstić information content (AvgIpc) is 2.60. The highest BCUT2D eigenvalue weighted by Crippen LogP contribution is 2.20. The number of carbonyl (C=O) groups is 2. The number of likely N-dealkylation sites (N-methyl/N-ethyl adjacent to an activating group) is 1. The van der Waals surface area contributed by atoms with Crippen molar-refractivity contribution in [1.82, 2.24) is 4.90 Å². The van der Waals surface area contributed by atoms with Crippen LogP contribution in [0.25, 0.3) is 0 Å². The number of primary amides is 1. The first kappa shape index (κ1) is 18.5. The third-order valence-corrected chi connectivity index (χ3v) is 4.03. The standard InChI is InChI=1S/C20H24N2O3/c1-4-15-6-8-16(9-7-15)12-22(3)19(23)13-25-18-11-14(2)5-10-17(18)20(21)24/h5-11H,4,12-13H2,1-3H3,(H2,21,24). The number of nitrogens with two attached hydrogens (primary N) is 1. The largest absolute Gasteiger partial charge is 0.483 e. The Morgan fingerprint density at radius 3 is 2.32 bits per heavy atom. The minimum Gasteiger partial charge on any atom is -0.483 e. The van der Waals surface area contributed by atoms with Crippen LogP contribution >= 0.6 is 0 Å². The first-order valence-electron chi connectivity index (χ1n) is 8.25. The van der Waals surface area contributed by atoms with Gasteiger partial charge in [0.2, 0.25) is 0 Å². The van der Waals surface area contributed by atoms with E-state index in [-0.39, 0.29) is 18.1 Å². The summed E-state index contributed by atoms with van der Waals surface area (Å²) in [4.78, 5) is 25.3. The molecule has 0 unspecified atom stereocenters. The number of hydrogen-bond acceptors (Lipinski definition) is 3. The lowest BCUT2D eigenvalue weighted by Gasteiger charge is -2.18. The molecule has 5 nitrogen and oxygen atoms in total. The molecule has 0 heterocycles. The molecule has 0 aliphatic heterocycles. The molecule has 0 atom stereocenters. The van der Waals surface area contributed by atoms with Gasteiger partial charge in [0.05, 0.1) is 5.56 Å². The number of carbonyl (C=O) groups excluding carboxylic acids is 2. The summed E-state index contributed by atoms with van der Waals surface area (Å²) in [5.41, 5.74) is 8.86. The van der Waals surface area contributed by atoms with Gasteiger partial charge in [-0.05, 0) is 42.2 Å². The molecule has 2 rings (SSSR count). The smallest absolute Gasteiger partial charge is 0.260 e. The van der Waals surface area contributed by atoms with Crippen LogP contribution in [0, 0.1) is 6.92 Å². The van der Waals surface area contributed by atoms with Crippen LogP contribution in [0.15, 0.2) is 42.5 Å². The van der Waals surface area contributed by atoms with Gasteiger partial charge in [-0.2, -0.15) is 0 Å². The topological polar surface area (TPSA) is 72.6 Å². The van der Waals surface area contributed by atoms with E-state index in [4.69, 9.17) is 10.5 Å². The lowest BCUT2D eigenvalue weighted by Crippen LogP contribution is -2.31. The average molecular weight is 340 g/mol. The van der Waals surface area contributed by atoms with Gasteiger partial charge in [0, 0.05) is 13.6 Å². The third-order valence-electron chi connectivity index (χ3n) is 4.03. The Kier molecular flexibility index (Phi) is 6.17. The molecule has 2 N–H and O–H groups in total. The van der Waals surface area contributed by atoms with Crippen LogP contribution in [0.3, 0.4) is 0 Å². The lowest BCUT2D eigenvalue weighted by molar-refractivity contribution is -0.132. The predicted molar refractivity (Wildman–Crippen MR) is 97.5 cm³/mol. The molecule has 132 valence electrons. The fourth-order valence-electron chi connectivity index (χ4n) is 2.44. The number of nitrogens with zero attached hydrogens (tertiary/aromatic N) is 1. The third kappa shape index (κ3) is 5.08. The van der Waals surface area contributed by atoms with E-state index in [1.807, 2.05) is 19.1 Å². The van der Waals surface area contributed by atoms with Gasteiger partial charge in [0.15, 0.2) is 6.61 Å². The summed E-state index contributed by atoms with van der Waals surface area (Å²) in [5, 5.41) is 0. The summed E-state index contributed by atoms with van der Waals surface area (Å²) in [7, 11) is 1.73. The fraction of sp³-hybridized carbons (Fsp3) is 0.300. The van der Waals surface area contributed by atoms with Gasteiger partial charge < -0.3 is 15.4 Å². The van der Waals surface area contributed by atoms with E-state index in [0.717, 1.165) is 17.5 Å². The highest BCUT2D eigenvalue weighted by atomic mass is 16.5. The van der Waals surface area contributed by atoms with E-state index >= 15 is 0 Å². The Morgan fingerprint density at radius 1 is 1.08 bits per heavy atom. The molecule has 0 aromatic heterocycles. The van der Waals surface area contributed by atoms with Crippen molar-refractivity contribution in [3.63, 3.8) is 0 Å². The van der Waals surface area contributed by atoms with Crippen molar-refractivity contribution in [3.8, 4) is 5.75 Å². The van der Waals surface area contributed by atoms with Crippen LogP contribution < -0.4 is 10.5 Å². The first-order chi connectivity index (χ1) is 11.9. The van der Waals surface area contributed by atoms with Crippen molar-refractivity contribution in [2.75, 3.05) is 13.7 Å². The van der Waals surface area contributed by atoms with Crippen molar-refractivity contribution in [3.05, 3.63) is 64.7 Å². The summed E-state index contributed by atoms with van der Waals surface area (Å²) in [5.74, 6) is -0.412. The molecular formula is C20H24N2O3. The normalized spacial score (nSPS) is 10.4. The molecule has 0 aliphatic carbocycles. The second-order valence-electron chi connectivity index (χ2n) is 6.07. The van der Waals surface area contributed by atoms with Crippen molar-refractivity contribution in [1.29, 1.82) is 0 Å².